The fourth-order valence-electron chi connectivity index (χ4n) is 3.48. The predicted molar refractivity (Wildman–Crippen MR) is 80.6 cm³/mol. The van der Waals surface area contributed by atoms with Crippen molar-refractivity contribution in [2.24, 2.45) is 5.92 Å². The Bertz CT molecular complexity index is 423. The van der Waals surface area contributed by atoms with Crippen LogP contribution in [0.5, 0.6) is 0 Å². The van der Waals surface area contributed by atoms with Crippen molar-refractivity contribution in [3.63, 3.8) is 0 Å². The molecule has 0 N–H and O–H groups in total. The molecule has 2 aliphatic heterocycles. The van der Waals surface area contributed by atoms with Gasteiger partial charge < -0.3 is 9.80 Å². The van der Waals surface area contributed by atoms with Gasteiger partial charge in [-0.3, -0.25) is 0 Å². The second-order valence-electron chi connectivity index (χ2n) is 5.62. The fraction of sp³-hybridized carbons (Fsp3) is 0.600. The zero-order valence-electron chi connectivity index (χ0n) is 11.1. The van der Waals surface area contributed by atoms with Crippen molar-refractivity contribution in [2.45, 2.75) is 18.9 Å². The second kappa shape index (κ2) is 5.71. The van der Waals surface area contributed by atoms with Crippen LogP contribution in [-0.4, -0.2) is 42.9 Å². The summed E-state index contributed by atoms with van der Waals surface area (Å²) in [4.78, 5) is 5.02. The molecular formula is C15H21FN2S. The van der Waals surface area contributed by atoms with E-state index >= 15 is 0 Å². The number of benzene rings is 1. The molecule has 0 saturated carbocycles. The largest absolute Gasteiger partial charge is 0.367 e. The van der Waals surface area contributed by atoms with E-state index in [0.717, 1.165) is 31.3 Å². The molecule has 0 aliphatic carbocycles. The van der Waals surface area contributed by atoms with Gasteiger partial charge in [-0.25, -0.2) is 4.39 Å². The van der Waals surface area contributed by atoms with E-state index in [4.69, 9.17) is 0 Å². The van der Waals surface area contributed by atoms with Crippen LogP contribution in [0.15, 0.2) is 24.3 Å². The highest BCUT2D eigenvalue weighted by Gasteiger charge is 2.40. The molecule has 2 heterocycles. The van der Waals surface area contributed by atoms with E-state index in [1.807, 2.05) is 12.1 Å². The molecule has 0 bridgehead atoms. The maximum Gasteiger partial charge on any atom is 0.123 e. The van der Waals surface area contributed by atoms with Crippen LogP contribution < -0.4 is 4.90 Å². The Kier molecular flexibility index (Phi) is 3.99. The molecule has 4 heteroatoms. The average molecular weight is 280 g/mol. The van der Waals surface area contributed by atoms with Gasteiger partial charge >= 0.3 is 0 Å². The molecule has 2 saturated heterocycles. The third-order valence-corrected chi connectivity index (χ3v) is 4.73. The Morgan fingerprint density at radius 2 is 2.00 bits per heavy atom. The highest BCUT2D eigenvalue weighted by Crippen LogP contribution is 2.35. The van der Waals surface area contributed by atoms with Gasteiger partial charge in [0.25, 0.3) is 0 Å². The number of hydrogen-bond acceptors (Lipinski definition) is 3. The zero-order valence-corrected chi connectivity index (χ0v) is 12.0. The molecule has 2 atom stereocenters. The molecule has 104 valence electrons. The van der Waals surface area contributed by atoms with Crippen LogP contribution >= 0.6 is 12.6 Å². The average Bonchev–Trinajstić information content (AvgIpc) is 2.97. The minimum Gasteiger partial charge on any atom is -0.367 e. The number of fused-ring (bicyclic) bond motifs is 1. The Balaban J connectivity index is 1.67. The molecule has 1 aromatic carbocycles. The molecule has 2 unspecified atom stereocenters. The SMILES string of the molecule is Fc1ccc(N2CCC3CN(CCCS)CC32)cc1. The first-order valence-electron chi connectivity index (χ1n) is 7.13. The summed E-state index contributed by atoms with van der Waals surface area (Å²) in [5.74, 6) is 1.60. The molecule has 0 spiro atoms. The van der Waals surface area contributed by atoms with E-state index < -0.39 is 0 Å². The lowest BCUT2D eigenvalue weighted by Crippen LogP contribution is -2.35. The minimum atomic E-state index is -0.152. The van der Waals surface area contributed by atoms with Crippen LogP contribution in [0.2, 0.25) is 0 Å². The first kappa shape index (κ1) is 13.3. The van der Waals surface area contributed by atoms with Crippen LogP contribution in [0, 0.1) is 11.7 Å². The van der Waals surface area contributed by atoms with Gasteiger partial charge in [0, 0.05) is 31.4 Å². The molecule has 2 nitrogen and oxygen atoms in total. The number of halogens is 1. The highest BCUT2D eigenvalue weighted by molar-refractivity contribution is 7.80. The first-order chi connectivity index (χ1) is 9.28. The maximum atomic E-state index is 13.0. The number of likely N-dealkylation sites (tertiary alicyclic amines) is 1. The summed E-state index contributed by atoms with van der Waals surface area (Å²) in [6.07, 6.45) is 2.43. The summed E-state index contributed by atoms with van der Waals surface area (Å²) in [5, 5.41) is 0. The summed E-state index contributed by atoms with van der Waals surface area (Å²) in [5.41, 5.74) is 1.17. The standard InChI is InChI=1S/C15H21FN2S/c16-13-2-4-14(5-3-13)18-8-6-12-10-17(7-1-9-19)11-15(12)18/h2-5,12,15,19H,1,6-11H2. The van der Waals surface area contributed by atoms with Crippen molar-refractivity contribution < 1.29 is 4.39 Å². The molecule has 2 aliphatic rings. The normalized spacial score (nSPS) is 26.9. The number of thiol groups is 1. The first-order valence-corrected chi connectivity index (χ1v) is 7.76. The number of hydrogen-bond donors (Lipinski definition) is 1. The quantitative estimate of drug-likeness (QED) is 0.847. The van der Waals surface area contributed by atoms with E-state index in [1.165, 1.54) is 25.1 Å². The predicted octanol–water partition coefficient (Wildman–Crippen LogP) is 2.66. The number of anilines is 1. The monoisotopic (exact) mass is 280 g/mol. The van der Waals surface area contributed by atoms with Gasteiger partial charge in [0.2, 0.25) is 0 Å². The molecule has 0 radical (unpaired) electrons. The summed E-state index contributed by atoms with van der Waals surface area (Å²) < 4.78 is 13.0. The molecule has 0 aromatic heterocycles. The summed E-state index contributed by atoms with van der Waals surface area (Å²) in [6, 6.07) is 7.57. The zero-order chi connectivity index (χ0) is 13.2. The summed E-state index contributed by atoms with van der Waals surface area (Å²) in [7, 11) is 0. The second-order valence-corrected chi connectivity index (χ2v) is 6.07. The van der Waals surface area contributed by atoms with Crippen LogP contribution in [0.3, 0.4) is 0 Å². The lowest BCUT2D eigenvalue weighted by Gasteiger charge is -2.27. The fourth-order valence-corrected chi connectivity index (χ4v) is 3.62. The van der Waals surface area contributed by atoms with Gasteiger partial charge in [0.05, 0.1) is 0 Å². The van der Waals surface area contributed by atoms with Crippen molar-refractivity contribution >= 4 is 18.3 Å². The van der Waals surface area contributed by atoms with E-state index in [-0.39, 0.29) is 5.82 Å². The highest BCUT2D eigenvalue weighted by atomic mass is 32.1. The molecule has 1 aromatic rings. The molecular weight excluding hydrogens is 259 g/mol. The van der Waals surface area contributed by atoms with Gasteiger partial charge in [-0.15, -0.1) is 0 Å². The van der Waals surface area contributed by atoms with Crippen molar-refractivity contribution in [3.8, 4) is 0 Å². The van der Waals surface area contributed by atoms with Crippen molar-refractivity contribution in [3.05, 3.63) is 30.1 Å². The van der Waals surface area contributed by atoms with Crippen LogP contribution in [0.4, 0.5) is 10.1 Å². The van der Waals surface area contributed by atoms with Crippen LogP contribution in [0.25, 0.3) is 0 Å². The third-order valence-electron chi connectivity index (χ3n) is 4.41. The number of nitrogens with zero attached hydrogens (tertiary/aromatic N) is 2. The summed E-state index contributed by atoms with van der Waals surface area (Å²) in [6.45, 7) is 4.64. The van der Waals surface area contributed by atoms with E-state index in [1.54, 1.807) is 12.1 Å². The molecule has 3 rings (SSSR count). The third kappa shape index (κ3) is 2.75. The smallest absolute Gasteiger partial charge is 0.123 e. The number of rotatable bonds is 4. The molecule has 19 heavy (non-hydrogen) atoms. The van der Waals surface area contributed by atoms with Crippen molar-refractivity contribution in [1.82, 2.24) is 4.90 Å². The topological polar surface area (TPSA) is 6.48 Å². The van der Waals surface area contributed by atoms with Gasteiger partial charge in [-0.05, 0) is 55.3 Å². The van der Waals surface area contributed by atoms with Crippen LogP contribution in [-0.2, 0) is 0 Å². The van der Waals surface area contributed by atoms with Crippen LogP contribution in [0.1, 0.15) is 12.8 Å². The van der Waals surface area contributed by atoms with Crippen molar-refractivity contribution in [1.29, 1.82) is 0 Å². The Morgan fingerprint density at radius 3 is 2.74 bits per heavy atom. The Hall–Kier alpha value is -0.740. The molecule has 2 fully saturated rings. The van der Waals surface area contributed by atoms with E-state index in [2.05, 4.69) is 22.4 Å². The summed E-state index contributed by atoms with van der Waals surface area (Å²) >= 11 is 4.29. The molecule has 0 amide bonds. The van der Waals surface area contributed by atoms with Gasteiger partial charge in [0.15, 0.2) is 0 Å². The Labute approximate surface area is 120 Å². The van der Waals surface area contributed by atoms with Gasteiger partial charge in [-0.2, -0.15) is 12.6 Å². The lowest BCUT2D eigenvalue weighted by molar-refractivity contribution is 0.319. The van der Waals surface area contributed by atoms with E-state index in [0.29, 0.717) is 6.04 Å². The maximum absolute atomic E-state index is 13.0. The Morgan fingerprint density at radius 1 is 1.21 bits per heavy atom. The van der Waals surface area contributed by atoms with Gasteiger partial charge in [0.1, 0.15) is 5.82 Å². The minimum absolute atomic E-state index is 0.152. The van der Waals surface area contributed by atoms with E-state index in [9.17, 15) is 4.39 Å². The van der Waals surface area contributed by atoms with Crippen molar-refractivity contribution in [2.75, 3.05) is 36.8 Å². The lowest BCUT2D eigenvalue weighted by atomic mass is 10.1. The van der Waals surface area contributed by atoms with Gasteiger partial charge in [-0.1, -0.05) is 0 Å².